The Labute approximate surface area is 156 Å². The van der Waals surface area contributed by atoms with Crippen molar-refractivity contribution in [2.75, 3.05) is 31.9 Å². The van der Waals surface area contributed by atoms with E-state index in [-0.39, 0.29) is 11.8 Å². The van der Waals surface area contributed by atoms with Crippen LogP contribution in [0.5, 0.6) is 0 Å². The molecule has 0 bridgehead atoms. The van der Waals surface area contributed by atoms with Crippen LogP contribution < -0.4 is 0 Å². The lowest BCUT2D eigenvalue weighted by Gasteiger charge is -2.34. The van der Waals surface area contributed by atoms with Crippen LogP contribution in [0.25, 0.3) is 0 Å². The van der Waals surface area contributed by atoms with Gasteiger partial charge in [-0.3, -0.25) is 9.59 Å². The summed E-state index contributed by atoms with van der Waals surface area (Å²) < 4.78 is 0. The molecule has 1 saturated heterocycles. The number of carbonyl (C=O) groups excluding carboxylic acids is 2. The van der Waals surface area contributed by atoms with Gasteiger partial charge < -0.3 is 9.80 Å². The molecule has 2 aromatic rings. The Kier molecular flexibility index (Phi) is 5.81. The number of benzene rings is 1. The Morgan fingerprint density at radius 1 is 1.08 bits per heavy atom. The van der Waals surface area contributed by atoms with Crippen LogP contribution in [0.2, 0.25) is 0 Å². The predicted octanol–water partition coefficient (Wildman–Crippen LogP) is 3.44. The van der Waals surface area contributed by atoms with Crippen molar-refractivity contribution in [3.05, 3.63) is 51.7 Å². The molecule has 0 unspecified atom stereocenters. The van der Waals surface area contributed by atoms with Crippen LogP contribution in [0.1, 0.15) is 20.8 Å². The van der Waals surface area contributed by atoms with E-state index in [9.17, 15) is 9.59 Å². The molecular formula is C19H22N2O2S2. The number of thioether (sulfide) groups is 1. The second-order valence-corrected chi connectivity index (χ2v) is 8.17. The van der Waals surface area contributed by atoms with Crippen molar-refractivity contribution in [1.29, 1.82) is 0 Å². The van der Waals surface area contributed by atoms with Crippen LogP contribution in [0.15, 0.2) is 40.6 Å². The van der Waals surface area contributed by atoms with E-state index in [0.29, 0.717) is 31.9 Å². The van der Waals surface area contributed by atoms with Crippen LogP contribution in [0.4, 0.5) is 0 Å². The number of carbonyl (C=O) groups is 2. The van der Waals surface area contributed by atoms with Gasteiger partial charge in [0.15, 0.2) is 0 Å². The summed E-state index contributed by atoms with van der Waals surface area (Å²) in [6.45, 7) is 6.58. The molecule has 6 heteroatoms. The van der Waals surface area contributed by atoms with Gasteiger partial charge in [0.25, 0.3) is 5.91 Å². The summed E-state index contributed by atoms with van der Waals surface area (Å²) >= 11 is 3.06. The third-order valence-corrected chi connectivity index (χ3v) is 6.35. The lowest BCUT2D eigenvalue weighted by atomic mass is 10.2. The Morgan fingerprint density at radius 2 is 1.80 bits per heavy atom. The topological polar surface area (TPSA) is 40.6 Å². The zero-order chi connectivity index (χ0) is 17.8. The quantitative estimate of drug-likeness (QED) is 0.770. The van der Waals surface area contributed by atoms with Gasteiger partial charge in [-0.25, -0.2) is 0 Å². The Bertz CT molecular complexity index is 751. The molecule has 1 aliphatic rings. The molecule has 4 nitrogen and oxygen atoms in total. The highest BCUT2D eigenvalue weighted by Gasteiger charge is 2.25. The van der Waals surface area contributed by atoms with Gasteiger partial charge in [-0.2, -0.15) is 0 Å². The third kappa shape index (κ3) is 4.44. The van der Waals surface area contributed by atoms with Gasteiger partial charge in [-0.15, -0.1) is 23.1 Å². The predicted molar refractivity (Wildman–Crippen MR) is 103 cm³/mol. The van der Waals surface area contributed by atoms with E-state index in [1.807, 2.05) is 27.3 Å². The molecule has 1 aliphatic heterocycles. The number of nitrogens with zero attached hydrogens (tertiary/aromatic N) is 2. The maximum atomic E-state index is 12.5. The lowest BCUT2D eigenvalue weighted by molar-refractivity contribution is -0.129. The molecule has 3 rings (SSSR count). The fourth-order valence-electron chi connectivity index (χ4n) is 2.81. The Morgan fingerprint density at radius 3 is 2.48 bits per heavy atom. The highest BCUT2D eigenvalue weighted by atomic mass is 32.2. The molecule has 0 radical (unpaired) electrons. The minimum absolute atomic E-state index is 0.0758. The van der Waals surface area contributed by atoms with Crippen molar-refractivity contribution in [2.45, 2.75) is 18.7 Å². The summed E-state index contributed by atoms with van der Waals surface area (Å²) in [5.41, 5.74) is 2.41. The molecule has 1 aromatic carbocycles. The zero-order valence-electron chi connectivity index (χ0n) is 14.5. The van der Waals surface area contributed by atoms with Crippen LogP contribution >= 0.6 is 23.1 Å². The van der Waals surface area contributed by atoms with Crippen LogP contribution in [-0.4, -0.2) is 53.5 Å². The minimum atomic E-state index is 0.0758. The largest absolute Gasteiger partial charge is 0.338 e. The van der Waals surface area contributed by atoms with Gasteiger partial charge in [0, 0.05) is 31.1 Å². The van der Waals surface area contributed by atoms with Crippen molar-refractivity contribution in [3.63, 3.8) is 0 Å². The summed E-state index contributed by atoms with van der Waals surface area (Å²) in [7, 11) is 0. The molecule has 0 N–H and O–H groups in total. The number of hydrogen-bond donors (Lipinski definition) is 0. The van der Waals surface area contributed by atoms with Crippen molar-refractivity contribution in [3.8, 4) is 0 Å². The van der Waals surface area contributed by atoms with Crippen molar-refractivity contribution in [1.82, 2.24) is 9.80 Å². The van der Waals surface area contributed by atoms with E-state index in [1.165, 1.54) is 27.4 Å². The summed E-state index contributed by atoms with van der Waals surface area (Å²) in [6.07, 6.45) is 0. The Balaban J connectivity index is 1.50. The second kappa shape index (κ2) is 8.06. The maximum Gasteiger partial charge on any atom is 0.264 e. The van der Waals surface area contributed by atoms with Gasteiger partial charge in [-0.05, 0) is 36.9 Å². The summed E-state index contributed by atoms with van der Waals surface area (Å²) in [5.74, 6) is 0.671. The normalized spacial score (nSPS) is 14.6. The van der Waals surface area contributed by atoms with E-state index in [0.717, 1.165) is 4.88 Å². The second-order valence-electron chi connectivity index (χ2n) is 6.21. The van der Waals surface area contributed by atoms with E-state index in [4.69, 9.17) is 0 Å². The van der Waals surface area contributed by atoms with Crippen molar-refractivity contribution < 1.29 is 9.59 Å². The molecular weight excluding hydrogens is 352 g/mol. The zero-order valence-corrected chi connectivity index (χ0v) is 16.2. The monoisotopic (exact) mass is 374 g/mol. The molecule has 25 heavy (non-hydrogen) atoms. The fraction of sp³-hybridized carbons (Fsp3) is 0.368. The van der Waals surface area contributed by atoms with Crippen molar-refractivity contribution in [2.24, 2.45) is 0 Å². The first kappa shape index (κ1) is 18.0. The highest BCUT2D eigenvalue weighted by Crippen LogP contribution is 2.24. The van der Waals surface area contributed by atoms with Gasteiger partial charge in [0.2, 0.25) is 5.91 Å². The number of hydrogen-bond acceptors (Lipinski definition) is 4. The van der Waals surface area contributed by atoms with E-state index in [1.54, 1.807) is 11.8 Å². The van der Waals surface area contributed by atoms with E-state index < -0.39 is 0 Å². The van der Waals surface area contributed by atoms with Crippen LogP contribution in [0.3, 0.4) is 0 Å². The SMILES string of the molecule is Cc1ccc(C)c(SCC(=O)N2CCN(C(=O)c3cccs3)CC2)c1. The number of aryl methyl sites for hydroxylation is 2. The summed E-state index contributed by atoms with van der Waals surface area (Å²) in [4.78, 5) is 30.5. The van der Waals surface area contributed by atoms with Gasteiger partial charge in [0.1, 0.15) is 0 Å². The minimum Gasteiger partial charge on any atom is -0.338 e. The average Bonchev–Trinajstić information content (AvgIpc) is 3.16. The fourth-order valence-corrected chi connectivity index (χ4v) is 4.53. The smallest absolute Gasteiger partial charge is 0.264 e. The molecule has 1 fully saturated rings. The van der Waals surface area contributed by atoms with Gasteiger partial charge >= 0.3 is 0 Å². The maximum absolute atomic E-state index is 12.5. The highest BCUT2D eigenvalue weighted by molar-refractivity contribution is 8.00. The number of amides is 2. The number of piperazine rings is 1. The molecule has 1 aromatic heterocycles. The first-order valence-corrected chi connectivity index (χ1v) is 10.2. The van der Waals surface area contributed by atoms with E-state index >= 15 is 0 Å². The molecule has 0 saturated carbocycles. The lowest BCUT2D eigenvalue weighted by Crippen LogP contribution is -2.51. The van der Waals surface area contributed by atoms with Crippen LogP contribution in [0, 0.1) is 13.8 Å². The standard InChI is InChI=1S/C19H22N2O2S2/c1-14-5-6-15(2)17(12-14)25-13-18(22)20-7-9-21(10-8-20)19(23)16-4-3-11-24-16/h3-6,11-12H,7-10,13H2,1-2H3. The van der Waals surface area contributed by atoms with Gasteiger partial charge in [0.05, 0.1) is 10.6 Å². The molecule has 0 atom stereocenters. The van der Waals surface area contributed by atoms with Crippen molar-refractivity contribution >= 4 is 34.9 Å². The number of rotatable bonds is 4. The Hall–Kier alpha value is -1.79. The molecule has 132 valence electrons. The van der Waals surface area contributed by atoms with E-state index in [2.05, 4.69) is 32.0 Å². The molecule has 0 spiro atoms. The van der Waals surface area contributed by atoms with Crippen LogP contribution in [-0.2, 0) is 4.79 Å². The third-order valence-electron chi connectivity index (χ3n) is 4.35. The molecule has 0 aliphatic carbocycles. The summed E-state index contributed by atoms with van der Waals surface area (Å²) in [6, 6.07) is 10.1. The number of thiophene rings is 1. The molecule has 2 heterocycles. The average molecular weight is 375 g/mol. The molecule has 2 amide bonds. The first-order chi connectivity index (χ1) is 12.0. The summed E-state index contributed by atoms with van der Waals surface area (Å²) in [5, 5.41) is 1.91. The first-order valence-electron chi connectivity index (χ1n) is 8.35. The van der Waals surface area contributed by atoms with Gasteiger partial charge in [-0.1, -0.05) is 23.8 Å².